The molecule has 17 heavy (non-hydrogen) atoms. The van der Waals surface area contributed by atoms with Gasteiger partial charge in [-0.05, 0) is 12.1 Å². The second-order valence-electron chi connectivity index (χ2n) is 3.21. The Labute approximate surface area is 108 Å². The van der Waals surface area contributed by atoms with Crippen molar-refractivity contribution in [2.75, 3.05) is 5.33 Å². The molecule has 0 N–H and O–H groups in total. The summed E-state index contributed by atoms with van der Waals surface area (Å²) in [5, 5.41) is 0.562. The number of ketones is 1. The molecule has 0 amide bonds. The Kier molecular flexibility index (Phi) is 3.63. The average molecular weight is 318 g/mol. The van der Waals surface area contributed by atoms with Crippen molar-refractivity contribution in [3.8, 4) is 10.6 Å². The minimum absolute atomic E-state index is 0.115. The Morgan fingerprint density at radius 2 is 2.18 bits per heavy atom. The summed E-state index contributed by atoms with van der Waals surface area (Å²) in [6, 6.07) is 3.26. The van der Waals surface area contributed by atoms with Gasteiger partial charge in [0.25, 0.3) is 0 Å². The van der Waals surface area contributed by atoms with Gasteiger partial charge in [0.1, 0.15) is 16.6 Å². The third-order valence-electron chi connectivity index (χ3n) is 2.06. The summed E-state index contributed by atoms with van der Waals surface area (Å²) in [5.41, 5.74) is 0.199. The number of rotatable bonds is 3. The van der Waals surface area contributed by atoms with Crippen LogP contribution in [0.5, 0.6) is 0 Å². The maximum absolute atomic E-state index is 13.5. The van der Waals surface area contributed by atoms with E-state index in [1.807, 2.05) is 0 Å². The predicted octanol–water partition coefficient (Wildman–Crippen LogP) is 3.67. The van der Waals surface area contributed by atoms with Crippen molar-refractivity contribution in [3.05, 3.63) is 40.9 Å². The van der Waals surface area contributed by atoms with E-state index in [1.165, 1.54) is 12.3 Å². The topological polar surface area (TPSA) is 30.0 Å². The van der Waals surface area contributed by atoms with Gasteiger partial charge in [0.2, 0.25) is 0 Å². The van der Waals surface area contributed by atoms with E-state index < -0.39 is 11.6 Å². The molecule has 1 heterocycles. The summed E-state index contributed by atoms with van der Waals surface area (Å²) in [7, 11) is 0. The normalized spacial score (nSPS) is 10.5. The fourth-order valence-corrected chi connectivity index (χ4v) is 2.62. The van der Waals surface area contributed by atoms with Crippen molar-refractivity contribution in [2.45, 2.75) is 0 Å². The fraction of sp³-hybridized carbons (Fsp3) is 0.0909. The Morgan fingerprint density at radius 3 is 2.82 bits per heavy atom. The van der Waals surface area contributed by atoms with Crippen LogP contribution in [0.15, 0.2) is 24.4 Å². The quantitative estimate of drug-likeness (QED) is 0.638. The molecule has 1 aromatic carbocycles. The van der Waals surface area contributed by atoms with Crippen LogP contribution in [0.2, 0.25) is 0 Å². The van der Waals surface area contributed by atoms with Crippen molar-refractivity contribution in [1.82, 2.24) is 4.98 Å². The molecule has 0 aliphatic heterocycles. The van der Waals surface area contributed by atoms with Crippen LogP contribution in [0.3, 0.4) is 0 Å². The zero-order chi connectivity index (χ0) is 12.4. The first-order chi connectivity index (χ1) is 8.11. The largest absolute Gasteiger partial charge is 0.292 e. The Morgan fingerprint density at radius 1 is 1.41 bits per heavy atom. The summed E-state index contributed by atoms with van der Waals surface area (Å²) in [4.78, 5) is 15.8. The monoisotopic (exact) mass is 317 g/mol. The molecule has 88 valence electrons. The number of hydrogen-bond donors (Lipinski definition) is 0. The van der Waals surface area contributed by atoms with Crippen LogP contribution in [-0.2, 0) is 0 Å². The highest BCUT2D eigenvalue weighted by molar-refractivity contribution is 9.09. The number of nitrogens with zero attached hydrogens (tertiary/aromatic N) is 1. The lowest BCUT2D eigenvalue weighted by Gasteiger charge is -1.98. The van der Waals surface area contributed by atoms with Crippen molar-refractivity contribution >= 4 is 33.0 Å². The van der Waals surface area contributed by atoms with E-state index in [9.17, 15) is 13.6 Å². The van der Waals surface area contributed by atoms with Gasteiger partial charge in [-0.3, -0.25) is 4.79 Å². The number of Topliss-reactive ketones (excluding diaryl/α,β-unsaturated/α-hetero) is 1. The van der Waals surface area contributed by atoms with Gasteiger partial charge < -0.3 is 0 Å². The van der Waals surface area contributed by atoms with Crippen LogP contribution in [0.4, 0.5) is 8.78 Å². The van der Waals surface area contributed by atoms with Crippen molar-refractivity contribution < 1.29 is 13.6 Å². The summed E-state index contributed by atoms with van der Waals surface area (Å²) < 4.78 is 26.2. The van der Waals surface area contributed by atoms with E-state index in [0.29, 0.717) is 9.88 Å². The number of halogens is 3. The lowest BCUT2D eigenvalue weighted by molar-refractivity contribution is 0.102. The Balaban J connectivity index is 2.40. The number of aromatic nitrogens is 1. The number of benzene rings is 1. The van der Waals surface area contributed by atoms with Crippen LogP contribution in [0.1, 0.15) is 9.67 Å². The molecule has 0 unspecified atom stereocenters. The molecule has 6 heteroatoms. The number of thiazole rings is 1. The molecule has 0 atom stereocenters. The first-order valence-corrected chi connectivity index (χ1v) is 6.56. The number of hydrogen-bond acceptors (Lipinski definition) is 3. The first-order valence-electron chi connectivity index (χ1n) is 4.62. The average Bonchev–Trinajstić information content (AvgIpc) is 2.77. The van der Waals surface area contributed by atoms with E-state index >= 15 is 0 Å². The molecule has 0 saturated carbocycles. The molecule has 0 saturated heterocycles. The number of alkyl halides is 1. The second kappa shape index (κ2) is 5.01. The summed E-state index contributed by atoms with van der Waals surface area (Å²) in [6.07, 6.45) is 1.40. The molecule has 2 nitrogen and oxygen atoms in total. The molecule has 0 aliphatic carbocycles. The van der Waals surface area contributed by atoms with Gasteiger partial charge in [0.15, 0.2) is 5.78 Å². The molecule has 2 aromatic rings. The highest BCUT2D eigenvalue weighted by atomic mass is 79.9. The van der Waals surface area contributed by atoms with Crippen LogP contribution in [-0.4, -0.2) is 16.1 Å². The second-order valence-corrected chi connectivity index (χ2v) is 4.80. The van der Waals surface area contributed by atoms with Gasteiger partial charge in [-0.15, -0.1) is 11.3 Å². The van der Waals surface area contributed by atoms with Gasteiger partial charge in [0.05, 0.1) is 10.2 Å². The summed E-state index contributed by atoms with van der Waals surface area (Å²) >= 11 is 4.13. The van der Waals surface area contributed by atoms with Gasteiger partial charge >= 0.3 is 0 Å². The van der Waals surface area contributed by atoms with Crippen LogP contribution < -0.4 is 0 Å². The van der Waals surface area contributed by atoms with Crippen LogP contribution in [0, 0.1) is 11.6 Å². The van der Waals surface area contributed by atoms with E-state index in [4.69, 9.17) is 0 Å². The summed E-state index contributed by atoms with van der Waals surface area (Å²) in [6.45, 7) is 0. The SMILES string of the molecule is O=C(CBr)c1cnc(-c2ccc(F)cc2F)s1. The number of carbonyl (C=O) groups excluding carboxylic acids is 1. The standard InChI is InChI=1S/C11H6BrF2NOS/c12-4-9(16)10-5-15-11(17-10)7-2-1-6(13)3-8(7)14/h1-3,5H,4H2. The van der Waals surface area contributed by atoms with E-state index in [1.54, 1.807) is 0 Å². The number of carbonyl (C=O) groups is 1. The predicted molar refractivity (Wildman–Crippen MR) is 65.6 cm³/mol. The maximum atomic E-state index is 13.5. The lowest BCUT2D eigenvalue weighted by atomic mass is 10.2. The Bertz CT molecular complexity index is 570. The van der Waals surface area contributed by atoms with Crippen molar-refractivity contribution in [2.24, 2.45) is 0 Å². The van der Waals surface area contributed by atoms with Crippen LogP contribution >= 0.6 is 27.3 Å². The van der Waals surface area contributed by atoms with Gasteiger partial charge in [-0.1, -0.05) is 15.9 Å². The maximum Gasteiger partial charge on any atom is 0.184 e. The van der Waals surface area contributed by atoms with E-state index in [-0.39, 0.29) is 16.7 Å². The summed E-state index contributed by atoms with van der Waals surface area (Å²) in [5.74, 6) is -1.44. The molecule has 2 rings (SSSR count). The van der Waals surface area contributed by atoms with Crippen molar-refractivity contribution in [3.63, 3.8) is 0 Å². The Hall–Kier alpha value is -1.14. The third-order valence-corrected chi connectivity index (χ3v) is 3.64. The molecular formula is C11H6BrF2NOS. The van der Waals surface area contributed by atoms with Gasteiger partial charge in [-0.25, -0.2) is 13.8 Å². The van der Waals surface area contributed by atoms with E-state index in [0.717, 1.165) is 23.5 Å². The molecule has 0 bridgehead atoms. The molecule has 0 radical (unpaired) electrons. The minimum atomic E-state index is -0.683. The molecule has 0 spiro atoms. The molecule has 0 aliphatic rings. The van der Waals surface area contributed by atoms with E-state index in [2.05, 4.69) is 20.9 Å². The zero-order valence-electron chi connectivity index (χ0n) is 8.41. The highest BCUT2D eigenvalue weighted by Crippen LogP contribution is 2.28. The molecule has 1 aromatic heterocycles. The molecular weight excluding hydrogens is 312 g/mol. The van der Waals surface area contributed by atoms with Crippen LogP contribution in [0.25, 0.3) is 10.6 Å². The third kappa shape index (κ3) is 2.58. The first kappa shape index (κ1) is 12.3. The van der Waals surface area contributed by atoms with Gasteiger partial charge in [-0.2, -0.15) is 0 Å². The van der Waals surface area contributed by atoms with Crippen molar-refractivity contribution in [1.29, 1.82) is 0 Å². The molecule has 0 fully saturated rings. The van der Waals surface area contributed by atoms with Gasteiger partial charge in [0, 0.05) is 17.8 Å². The minimum Gasteiger partial charge on any atom is -0.292 e. The fourth-order valence-electron chi connectivity index (χ4n) is 1.26. The lowest BCUT2D eigenvalue weighted by Crippen LogP contribution is -1.95. The smallest absolute Gasteiger partial charge is 0.184 e. The highest BCUT2D eigenvalue weighted by Gasteiger charge is 2.13. The zero-order valence-corrected chi connectivity index (χ0v) is 10.8.